The third-order valence-corrected chi connectivity index (χ3v) is 4.67. The summed E-state index contributed by atoms with van der Waals surface area (Å²) < 4.78 is 0. The largest absolute Gasteiger partial charge is 0.357 e. The fraction of sp³-hybridized carbons (Fsp3) is 0.600. The second kappa shape index (κ2) is 10.7. The van der Waals surface area contributed by atoms with E-state index in [0.717, 1.165) is 43.5 Å². The molecule has 0 radical (unpaired) electrons. The summed E-state index contributed by atoms with van der Waals surface area (Å²) in [5.74, 6) is 1.75. The van der Waals surface area contributed by atoms with Gasteiger partial charge in [0.05, 0.1) is 18.2 Å². The van der Waals surface area contributed by atoms with Crippen LogP contribution in [0.25, 0.3) is 0 Å². The lowest BCUT2D eigenvalue weighted by molar-refractivity contribution is 0.191. The van der Waals surface area contributed by atoms with Gasteiger partial charge in [0.2, 0.25) is 0 Å². The van der Waals surface area contributed by atoms with Crippen LogP contribution in [-0.4, -0.2) is 43.6 Å². The predicted octanol–water partition coefficient (Wildman–Crippen LogP) is 2.74. The van der Waals surface area contributed by atoms with Crippen molar-refractivity contribution < 1.29 is 0 Å². The lowest BCUT2D eigenvalue weighted by atomic mass is 9.99. The number of rotatable bonds is 7. The second-order valence-corrected chi connectivity index (χ2v) is 6.81. The summed E-state index contributed by atoms with van der Waals surface area (Å²) in [6, 6.07) is 9.74. The Morgan fingerprint density at radius 3 is 2.60 bits per heavy atom. The number of hydrogen-bond acceptors (Lipinski definition) is 3. The molecule has 0 bridgehead atoms. The molecule has 2 rings (SSSR count). The van der Waals surface area contributed by atoms with Crippen molar-refractivity contribution in [2.75, 3.05) is 32.7 Å². The highest BCUT2D eigenvalue weighted by Crippen LogP contribution is 2.15. The van der Waals surface area contributed by atoms with Gasteiger partial charge in [-0.25, -0.2) is 4.99 Å². The van der Waals surface area contributed by atoms with Gasteiger partial charge in [0, 0.05) is 13.1 Å². The summed E-state index contributed by atoms with van der Waals surface area (Å²) in [5, 5.41) is 15.6. The van der Waals surface area contributed by atoms with Crippen LogP contribution in [0.5, 0.6) is 0 Å². The molecule has 1 aliphatic heterocycles. The van der Waals surface area contributed by atoms with Crippen LogP contribution in [-0.2, 0) is 6.54 Å². The number of hydrogen-bond donors (Lipinski definition) is 2. The molecule has 1 aliphatic rings. The van der Waals surface area contributed by atoms with Gasteiger partial charge in [-0.1, -0.05) is 19.1 Å². The number of guanidine groups is 1. The fourth-order valence-electron chi connectivity index (χ4n) is 2.99. The van der Waals surface area contributed by atoms with Crippen molar-refractivity contribution in [1.29, 1.82) is 5.26 Å². The molecule has 0 unspecified atom stereocenters. The fourth-order valence-corrected chi connectivity index (χ4v) is 2.99. The van der Waals surface area contributed by atoms with Gasteiger partial charge in [0.15, 0.2) is 5.96 Å². The average Bonchev–Trinajstić information content (AvgIpc) is 2.65. The SMILES string of the molecule is CCNC(=NCc1ccc(C#N)cc1)NCCCN1CCC(C)CC1. The summed E-state index contributed by atoms with van der Waals surface area (Å²) in [6.45, 7) is 10.5. The van der Waals surface area contributed by atoms with E-state index >= 15 is 0 Å². The summed E-state index contributed by atoms with van der Waals surface area (Å²) in [4.78, 5) is 7.20. The number of aliphatic imine (C=N–C) groups is 1. The van der Waals surface area contributed by atoms with Crippen LogP contribution in [0.4, 0.5) is 0 Å². The highest BCUT2D eigenvalue weighted by Gasteiger charge is 2.14. The maximum atomic E-state index is 8.84. The van der Waals surface area contributed by atoms with Crippen molar-refractivity contribution in [3.8, 4) is 6.07 Å². The lowest BCUT2D eigenvalue weighted by Gasteiger charge is -2.30. The molecule has 0 aromatic heterocycles. The highest BCUT2D eigenvalue weighted by molar-refractivity contribution is 5.79. The predicted molar refractivity (Wildman–Crippen MR) is 103 cm³/mol. The van der Waals surface area contributed by atoms with E-state index in [4.69, 9.17) is 5.26 Å². The number of nitrogens with one attached hydrogen (secondary N) is 2. The van der Waals surface area contributed by atoms with E-state index in [1.54, 1.807) is 0 Å². The van der Waals surface area contributed by atoms with Crippen LogP contribution in [0.2, 0.25) is 0 Å². The average molecular weight is 342 g/mol. The topological polar surface area (TPSA) is 63.5 Å². The quantitative estimate of drug-likeness (QED) is 0.455. The number of nitrogens with zero attached hydrogens (tertiary/aromatic N) is 3. The Kier molecular flexibility index (Phi) is 8.27. The van der Waals surface area contributed by atoms with Gasteiger partial charge in [0.25, 0.3) is 0 Å². The minimum Gasteiger partial charge on any atom is -0.357 e. The molecule has 136 valence electrons. The summed E-state index contributed by atoms with van der Waals surface area (Å²) in [6.07, 6.45) is 3.81. The Morgan fingerprint density at radius 2 is 1.96 bits per heavy atom. The van der Waals surface area contributed by atoms with E-state index in [2.05, 4.69) is 40.4 Å². The van der Waals surface area contributed by atoms with Crippen molar-refractivity contribution in [3.05, 3.63) is 35.4 Å². The van der Waals surface area contributed by atoms with E-state index in [-0.39, 0.29) is 0 Å². The number of benzene rings is 1. The van der Waals surface area contributed by atoms with Gasteiger partial charge >= 0.3 is 0 Å². The van der Waals surface area contributed by atoms with Gasteiger partial charge in [0.1, 0.15) is 0 Å². The van der Waals surface area contributed by atoms with E-state index in [9.17, 15) is 0 Å². The lowest BCUT2D eigenvalue weighted by Crippen LogP contribution is -2.39. The van der Waals surface area contributed by atoms with Gasteiger partial charge in [-0.3, -0.25) is 0 Å². The molecule has 0 amide bonds. The van der Waals surface area contributed by atoms with Crippen molar-refractivity contribution in [2.45, 2.75) is 39.7 Å². The smallest absolute Gasteiger partial charge is 0.191 e. The van der Waals surface area contributed by atoms with Crippen LogP contribution in [0.1, 0.15) is 44.2 Å². The molecule has 0 aliphatic carbocycles. The van der Waals surface area contributed by atoms with E-state index in [1.807, 2.05) is 24.3 Å². The van der Waals surface area contributed by atoms with Gasteiger partial charge in [-0.2, -0.15) is 5.26 Å². The van der Waals surface area contributed by atoms with Crippen LogP contribution >= 0.6 is 0 Å². The molecule has 1 fully saturated rings. The zero-order valence-electron chi connectivity index (χ0n) is 15.6. The van der Waals surface area contributed by atoms with Crippen LogP contribution in [0.15, 0.2) is 29.3 Å². The summed E-state index contributed by atoms with van der Waals surface area (Å²) >= 11 is 0. The Bertz CT molecular complexity index is 565. The molecule has 1 aromatic carbocycles. The first-order valence-corrected chi connectivity index (χ1v) is 9.45. The monoisotopic (exact) mass is 341 g/mol. The molecule has 1 aromatic rings. The third kappa shape index (κ3) is 7.15. The minimum absolute atomic E-state index is 0.616. The van der Waals surface area contributed by atoms with E-state index in [0.29, 0.717) is 12.1 Å². The number of nitriles is 1. The Hall–Kier alpha value is -2.06. The van der Waals surface area contributed by atoms with Crippen molar-refractivity contribution in [2.24, 2.45) is 10.9 Å². The first-order chi connectivity index (χ1) is 12.2. The minimum atomic E-state index is 0.616. The Balaban J connectivity index is 1.72. The molecule has 2 N–H and O–H groups in total. The zero-order valence-corrected chi connectivity index (χ0v) is 15.6. The van der Waals surface area contributed by atoms with Gasteiger partial charge in [-0.15, -0.1) is 0 Å². The number of piperidine rings is 1. The Morgan fingerprint density at radius 1 is 1.24 bits per heavy atom. The molecular weight excluding hydrogens is 310 g/mol. The van der Waals surface area contributed by atoms with Crippen molar-refractivity contribution >= 4 is 5.96 Å². The second-order valence-electron chi connectivity index (χ2n) is 6.81. The molecule has 1 heterocycles. The van der Waals surface area contributed by atoms with Crippen molar-refractivity contribution in [3.63, 3.8) is 0 Å². The van der Waals surface area contributed by atoms with Crippen LogP contribution in [0.3, 0.4) is 0 Å². The van der Waals surface area contributed by atoms with Gasteiger partial charge < -0.3 is 15.5 Å². The van der Waals surface area contributed by atoms with E-state index < -0.39 is 0 Å². The molecule has 0 atom stereocenters. The molecule has 0 spiro atoms. The maximum absolute atomic E-state index is 8.84. The standard InChI is InChI=1S/C20H31N5/c1-3-22-20(24-16-19-7-5-18(15-21)6-8-19)23-11-4-12-25-13-9-17(2)10-14-25/h5-8,17H,3-4,9-14,16H2,1-2H3,(H2,22,23,24). The van der Waals surface area contributed by atoms with E-state index in [1.165, 1.54) is 25.9 Å². The molecule has 5 heteroatoms. The number of likely N-dealkylation sites (tertiary alicyclic amines) is 1. The first-order valence-electron chi connectivity index (χ1n) is 9.45. The van der Waals surface area contributed by atoms with Gasteiger partial charge in [-0.05, 0) is 69.4 Å². The molecule has 5 nitrogen and oxygen atoms in total. The normalized spacial score (nSPS) is 16.4. The molecular formula is C20H31N5. The Labute approximate surface area is 152 Å². The highest BCUT2D eigenvalue weighted by atomic mass is 15.2. The maximum Gasteiger partial charge on any atom is 0.191 e. The first kappa shape index (κ1) is 19.3. The zero-order chi connectivity index (χ0) is 17.9. The molecule has 0 saturated carbocycles. The van der Waals surface area contributed by atoms with Crippen LogP contribution in [0, 0.1) is 17.2 Å². The molecule has 1 saturated heterocycles. The third-order valence-electron chi connectivity index (χ3n) is 4.67. The molecule has 25 heavy (non-hydrogen) atoms. The van der Waals surface area contributed by atoms with Crippen LogP contribution < -0.4 is 10.6 Å². The van der Waals surface area contributed by atoms with Crippen molar-refractivity contribution in [1.82, 2.24) is 15.5 Å². The summed E-state index contributed by atoms with van der Waals surface area (Å²) in [5.41, 5.74) is 1.79. The summed E-state index contributed by atoms with van der Waals surface area (Å²) in [7, 11) is 0.